The number of carbonyl (C=O) groups is 2. The maximum atomic E-state index is 12.5. The number of nitrogens with one attached hydrogen (secondary N) is 1. The fourth-order valence-electron chi connectivity index (χ4n) is 3.30. The molecule has 0 bridgehead atoms. The standard InChI is InChI=1S/C19H25ClN6O2/c1-4-26-12-15(11-21-26)22-19(28)14-7-9-25(10-8-14)17(27)6-5-16-13(2)23-24(3)18(16)20/h5-6,11-12,14H,4,7-10H2,1-3H3,(H,22,28). The van der Waals surface area contributed by atoms with E-state index in [4.69, 9.17) is 11.6 Å². The van der Waals surface area contributed by atoms with Gasteiger partial charge in [0.05, 0.1) is 17.6 Å². The highest BCUT2D eigenvalue weighted by molar-refractivity contribution is 6.31. The van der Waals surface area contributed by atoms with Crippen molar-refractivity contribution in [3.8, 4) is 0 Å². The summed E-state index contributed by atoms with van der Waals surface area (Å²) in [6.45, 7) is 5.70. The molecule has 9 heteroatoms. The van der Waals surface area contributed by atoms with Crippen LogP contribution in [-0.4, -0.2) is 49.4 Å². The van der Waals surface area contributed by atoms with Crippen LogP contribution in [-0.2, 0) is 23.2 Å². The molecule has 1 fully saturated rings. The SMILES string of the molecule is CCn1cc(NC(=O)C2CCN(C(=O)C=Cc3c(C)nn(C)c3Cl)CC2)cn1. The van der Waals surface area contributed by atoms with E-state index in [1.807, 2.05) is 20.0 Å². The Kier molecular flexibility index (Phi) is 6.18. The molecule has 2 amide bonds. The molecular weight excluding hydrogens is 380 g/mol. The summed E-state index contributed by atoms with van der Waals surface area (Å²) in [5.41, 5.74) is 2.23. The van der Waals surface area contributed by atoms with Crippen LogP contribution in [0.2, 0.25) is 5.15 Å². The van der Waals surface area contributed by atoms with Gasteiger partial charge in [0.1, 0.15) is 5.15 Å². The van der Waals surface area contributed by atoms with Crippen molar-refractivity contribution in [2.75, 3.05) is 18.4 Å². The molecule has 0 aromatic carbocycles. The maximum Gasteiger partial charge on any atom is 0.246 e. The average Bonchev–Trinajstić information content (AvgIpc) is 3.24. The van der Waals surface area contributed by atoms with Crippen molar-refractivity contribution in [1.82, 2.24) is 24.5 Å². The van der Waals surface area contributed by atoms with E-state index < -0.39 is 0 Å². The van der Waals surface area contributed by atoms with Crippen LogP contribution < -0.4 is 5.32 Å². The van der Waals surface area contributed by atoms with Crippen molar-refractivity contribution in [2.45, 2.75) is 33.2 Å². The van der Waals surface area contributed by atoms with Gasteiger partial charge in [-0.2, -0.15) is 10.2 Å². The van der Waals surface area contributed by atoms with Crippen LogP contribution in [0.25, 0.3) is 6.08 Å². The van der Waals surface area contributed by atoms with Gasteiger partial charge in [-0.05, 0) is 32.8 Å². The smallest absolute Gasteiger partial charge is 0.246 e. The van der Waals surface area contributed by atoms with Gasteiger partial charge in [-0.1, -0.05) is 11.6 Å². The first-order valence-corrected chi connectivity index (χ1v) is 9.76. The van der Waals surface area contributed by atoms with E-state index in [2.05, 4.69) is 15.5 Å². The number of hydrogen-bond acceptors (Lipinski definition) is 4. The first-order chi connectivity index (χ1) is 13.4. The Balaban J connectivity index is 1.52. The summed E-state index contributed by atoms with van der Waals surface area (Å²) in [5.74, 6) is -0.202. The molecule has 2 aromatic rings. The Morgan fingerprint density at radius 3 is 2.64 bits per heavy atom. The summed E-state index contributed by atoms with van der Waals surface area (Å²) in [7, 11) is 1.76. The number of nitrogens with zero attached hydrogens (tertiary/aromatic N) is 5. The molecule has 0 aliphatic carbocycles. The minimum absolute atomic E-state index is 0.0175. The highest BCUT2D eigenvalue weighted by Gasteiger charge is 2.27. The molecule has 1 N–H and O–H groups in total. The molecule has 1 saturated heterocycles. The average molecular weight is 405 g/mol. The van der Waals surface area contributed by atoms with E-state index >= 15 is 0 Å². The predicted molar refractivity (Wildman–Crippen MR) is 108 cm³/mol. The number of anilines is 1. The van der Waals surface area contributed by atoms with Crippen molar-refractivity contribution in [3.63, 3.8) is 0 Å². The third-order valence-corrected chi connectivity index (χ3v) is 5.44. The van der Waals surface area contributed by atoms with E-state index in [0.717, 1.165) is 17.8 Å². The third kappa shape index (κ3) is 4.44. The zero-order valence-corrected chi connectivity index (χ0v) is 17.1. The molecule has 1 aliphatic rings. The molecule has 1 aliphatic heterocycles. The predicted octanol–water partition coefficient (Wildman–Crippen LogP) is 2.49. The third-order valence-electron chi connectivity index (χ3n) is 4.99. The second-order valence-electron chi connectivity index (χ2n) is 6.92. The van der Waals surface area contributed by atoms with Gasteiger partial charge in [0, 0.05) is 50.4 Å². The Bertz CT molecular complexity index is 892. The summed E-state index contributed by atoms with van der Waals surface area (Å²) in [6.07, 6.45) is 7.97. The Morgan fingerprint density at radius 2 is 2.07 bits per heavy atom. The Morgan fingerprint density at radius 1 is 1.36 bits per heavy atom. The number of aryl methyl sites for hydroxylation is 3. The molecule has 0 atom stereocenters. The highest BCUT2D eigenvalue weighted by atomic mass is 35.5. The quantitative estimate of drug-likeness (QED) is 0.776. The fourth-order valence-corrected chi connectivity index (χ4v) is 3.54. The van der Waals surface area contributed by atoms with E-state index in [1.54, 1.807) is 33.6 Å². The van der Waals surface area contributed by atoms with E-state index in [0.29, 0.717) is 36.8 Å². The van der Waals surface area contributed by atoms with Crippen molar-refractivity contribution >= 4 is 35.2 Å². The molecule has 0 saturated carbocycles. The summed E-state index contributed by atoms with van der Waals surface area (Å²) >= 11 is 6.19. The maximum absolute atomic E-state index is 12.5. The van der Waals surface area contributed by atoms with Gasteiger partial charge in [-0.25, -0.2) is 0 Å². The van der Waals surface area contributed by atoms with Crippen LogP contribution >= 0.6 is 11.6 Å². The normalized spacial score (nSPS) is 15.4. The summed E-state index contributed by atoms with van der Waals surface area (Å²) in [5, 5.41) is 11.8. The van der Waals surface area contributed by atoms with E-state index in [9.17, 15) is 9.59 Å². The number of amides is 2. The molecule has 150 valence electrons. The number of hydrogen-bond donors (Lipinski definition) is 1. The Hall–Kier alpha value is -2.61. The van der Waals surface area contributed by atoms with Crippen molar-refractivity contribution < 1.29 is 9.59 Å². The molecule has 0 spiro atoms. The molecule has 2 aromatic heterocycles. The molecule has 0 unspecified atom stereocenters. The molecule has 3 rings (SSSR count). The minimum atomic E-state index is -0.104. The fraction of sp³-hybridized carbons (Fsp3) is 0.474. The monoisotopic (exact) mass is 404 g/mol. The van der Waals surface area contributed by atoms with Crippen LogP contribution in [0.15, 0.2) is 18.5 Å². The highest BCUT2D eigenvalue weighted by Crippen LogP contribution is 2.22. The lowest BCUT2D eigenvalue weighted by Crippen LogP contribution is -2.40. The van der Waals surface area contributed by atoms with Gasteiger partial charge in [0.25, 0.3) is 0 Å². The zero-order chi connectivity index (χ0) is 20.3. The summed E-state index contributed by atoms with van der Waals surface area (Å²) in [6, 6.07) is 0. The summed E-state index contributed by atoms with van der Waals surface area (Å²) < 4.78 is 3.34. The summed E-state index contributed by atoms with van der Waals surface area (Å²) in [4.78, 5) is 26.7. The molecular formula is C19H25ClN6O2. The van der Waals surface area contributed by atoms with Crippen molar-refractivity contribution in [1.29, 1.82) is 0 Å². The van der Waals surface area contributed by atoms with Crippen LogP contribution in [0.3, 0.4) is 0 Å². The second-order valence-corrected chi connectivity index (χ2v) is 7.28. The zero-order valence-electron chi connectivity index (χ0n) is 16.4. The van der Waals surface area contributed by atoms with Crippen LogP contribution in [0.5, 0.6) is 0 Å². The van der Waals surface area contributed by atoms with Crippen molar-refractivity contribution in [3.05, 3.63) is 34.9 Å². The van der Waals surface area contributed by atoms with Crippen LogP contribution in [0.4, 0.5) is 5.69 Å². The topological polar surface area (TPSA) is 85.0 Å². The number of piperidine rings is 1. The number of aromatic nitrogens is 4. The van der Waals surface area contributed by atoms with E-state index in [-0.39, 0.29) is 17.7 Å². The van der Waals surface area contributed by atoms with Crippen LogP contribution in [0, 0.1) is 12.8 Å². The lowest BCUT2D eigenvalue weighted by atomic mass is 9.95. The number of rotatable bonds is 5. The van der Waals surface area contributed by atoms with Gasteiger partial charge in [0.2, 0.25) is 11.8 Å². The van der Waals surface area contributed by atoms with E-state index in [1.165, 1.54) is 6.08 Å². The van der Waals surface area contributed by atoms with Gasteiger partial charge in [-0.15, -0.1) is 0 Å². The number of likely N-dealkylation sites (tertiary alicyclic amines) is 1. The van der Waals surface area contributed by atoms with Crippen LogP contribution in [0.1, 0.15) is 31.0 Å². The van der Waals surface area contributed by atoms with Gasteiger partial charge in [-0.3, -0.25) is 19.0 Å². The van der Waals surface area contributed by atoms with Gasteiger partial charge >= 0.3 is 0 Å². The lowest BCUT2D eigenvalue weighted by molar-refractivity contribution is -0.130. The second kappa shape index (κ2) is 8.60. The molecule has 8 nitrogen and oxygen atoms in total. The molecule has 3 heterocycles. The first kappa shape index (κ1) is 20.1. The largest absolute Gasteiger partial charge is 0.339 e. The Labute approximate surface area is 169 Å². The van der Waals surface area contributed by atoms with Gasteiger partial charge in [0.15, 0.2) is 0 Å². The lowest BCUT2D eigenvalue weighted by Gasteiger charge is -2.30. The first-order valence-electron chi connectivity index (χ1n) is 9.38. The van der Waals surface area contributed by atoms with Gasteiger partial charge < -0.3 is 10.2 Å². The minimum Gasteiger partial charge on any atom is -0.339 e. The number of carbonyl (C=O) groups excluding carboxylic acids is 2. The molecule has 28 heavy (non-hydrogen) atoms. The molecule has 0 radical (unpaired) electrons. The number of halogens is 1. The van der Waals surface area contributed by atoms with Crippen molar-refractivity contribution in [2.24, 2.45) is 13.0 Å².